The molecule has 1 aromatic heterocycles. The molecule has 110 valence electrons. The maximum atomic E-state index is 12.1. The number of hydrogen-bond donors (Lipinski definition) is 1. The van der Waals surface area contributed by atoms with Crippen LogP contribution in [-0.2, 0) is 11.2 Å². The molecule has 3 aliphatic heterocycles. The molecule has 4 heterocycles. The lowest BCUT2D eigenvalue weighted by atomic mass is 10.1. The highest BCUT2D eigenvalue weighted by molar-refractivity contribution is 5.79. The molecule has 1 unspecified atom stereocenters. The number of carbonyl (C=O) groups excluding carboxylic acids is 1. The van der Waals surface area contributed by atoms with Crippen LogP contribution in [0.5, 0.6) is 0 Å². The predicted molar refractivity (Wildman–Crippen MR) is 74.5 cm³/mol. The van der Waals surface area contributed by atoms with E-state index in [9.17, 15) is 4.79 Å². The van der Waals surface area contributed by atoms with Gasteiger partial charge in [-0.25, -0.2) is 0 Å². The number of piperazine rings is 3. The van der Waals surface area contributed by atoms with E-state index in [0.29, 0.717) is 12.5 Å². The number of nitrogens with zero attached hydrogens (tertiary/aromatic N) is 3. The molecular formula is C14H22N4O2. The lowest BCUT2D eigenvalue weighted by Gasteiger charge is -2.47. The molecule has 1 amide bonds. The first-order valence-corrected chi connectivity index (χ1v) is 7.28. The molecular weight excluding hydrogens is 256 g/mol. The van der Waals surface area contributed by atoms with Crippen LogP contribution in [0.2, 0.25) is 0 Å². The summed E-state index contributed by atoms with van der Waals surface area (Å²) in [6, 6.07) is 0.464. The Bertz CT molecular complexity index is 472. The Balaban J connectivity index is 1.50. The van der Waals surface area contributed by atoms with Gasteiger partial charge in [-0.1, -0.05) is 5.16 Å². The zero-order chi connectivity index (χ0) is 14.1. The van der Waals surface area contributed by atoms with E-state index >= 15 is 0 Å². The van der Waals surface area contributed by atoms with E-state index in [1.165, 1.54) is 13.1 Å². The first-order valence-electron chi connectivity index (χ1n) is 7.28. The Hall–Kier alpha value is -1.40. The third kappa shape index (κ3) is 2.71. The van der Waals surface area contributed by atoms with Crippen LogP contribution in [0.3, 0.4) is 0 Å². The summed E-state index contributed by atoms with van der Waals surface area (Å²) in [5, 5.41) is 6.93. The number of hydrogen-bond acceptors (Lipinski definition) is 5. The van der Waals surface area contributed by atoms with E-state index in [1.807, 2.05) is 13.8 Å². The molecule has 0 aliphatic carbocycles. The van der Waals surface area contributed by atoms with Crippen molar-refractivity contribution < 1.29 is 9.32 Å². The molecule has 1 atom stereocenters. The van der Waals surface area contributed by atoms with Gasteiger partial charge in [-0.3, -0.25) is 14.6 Å². The minimum Gasteiger partial charge on any atom is -0.361 e. The Kier molecular flexibility index (Phi) is 3.76. The van der Waals surface area contributed by atoms with Crippen LogP contribution in [-0.4, -0.2) is 66.2 Å². The Morgan fingerprint density at radius 1 is 1.35 bits per heavy atom. The van der Waals surface area contributed by atoms with Crippen LogP contribution in [0.15, 0.2) is 4.52 Å². The normalized spacial score (nSPS) is 28.6. The average Bonchev–Trinajstić information content (AvgIpc) is 2.78. The zero-order valence-electron chi connectivity index (χ0n) is 12.2. The fraction of sp³-hybridized carbons (Fsp3) is 0.714. The van der Waals surface area contributed by atoms with Crippen LogP contribution < -0.4 is 5.32 Å². The van der Waals surface area contributed by atoms with Crippen molar-refractivity contribution in [3.8, 4) is 0 Å². The van der Waals surface area contributed by atoms with Gasteiger partial charge in [0.25, 0.3) is 0 Å². The van der Waals surface area contributed by atoms with E-state index in [-0.39, 0.29) is 5.91 Å². The fourth-order valence-electron chi connectivity index (χ4n) is 3.13. The van der Waals surface area contributed by atoms with Gasteiger partial charge < -0.3 is 9.84 Å². The lowest BCUT2D eigenvalue weighted by Crippen LogP contribution is -2.63. The van der Waals surface area contributed by atoms with E-state index in [4.69, 9.17) is 4.52 Å². The van der Waals surface area contributed by atoms with Gasteiger partial charge in [0, 0.05) is 50.9 Å². The summed E-state index contributed by atoms with van der Waals surface area (Å²) in [5.74, 6) is 0.793. The van der Waals surface area contributed by atoms with Crippen molar-refractivity contribution >= 4 is 5.91 Å². The van der Waals surface area contributed by atoms with Crippen molar-refractivity contribution in [2.75, 3.05) is 39.3 Å². The van der Waals surface area contributed by atoms with Crippen LogP contribution in [0.4, 0.5) is 0 Å². The summed E-state index contributed by atoms with van der Waals surface area (Å²) in [7, 11) is 0. The fourth-order valence-corrected chi connectivity index (χ4v) is 3.13. The van der Waals surface area contributed by atoms with Gasteiger partial charge in [0.1, 0.15) is 5.76 Å². The number of rotatable bonds is 4. The number of aryl methyl sites for hydroxylation is 2. The van der Waals surface area contributed by atoms with Crippen LogP contribution in [0.1, 0.15) is 17.0 Å². The monoisotopic (exact) mass is 278 g/mol. The second kappa shape index (κ2) is 5.54. The van der Waals surface area contributed by atoms with Gasteiger partial charge in [-0.2, -0.15) is 0 Å². The number of carbonyl (C=O) groups is 1. The minimum absolute atomic E-state index is 0.0528. The first kappa shape index (κ1) is 13.6. The summed E-state index contributed by atoms with van der Waals surface area (Å²) in [4.78, 5) is 17.0. The SMILES string of the molecule is Cc1noc(C)c1CC(=O)NCC1CN2CCN1CC2. The minimum atomic E-state index is 0.0528. The van der Waals surface area contributed by atoms with E-state index in [0.717, 1.165) is 43.2 Å². The Labute approximate surface area is 119 Å². The highest BCUT2D eigenvalue weighted by Gasteiger charge is 2.31. The molecule has 1 N–H and O–H groups in total. The highest BCUT2D eigenvalue weighted by Crippen LogP contribution is 2.15. The molecule has 4 rings (SSSR count). The molecule has 0 aromatic carbocycles. The van der Waals surface area contributed by atoms with Gasteiger partial charge in [0.15, 0.2) is 0 Å². The number of amides is 1. The molecule has 6 heteroatoms. The van der Waals surface area contributed by atoms with E-state index in [1.54, 1.807) is 0 Å². The first-order chi connectivity index (χ1) is 9.63. The summed E-state index contributed by atoms with van der Waals surface area (Å²) in [5.41, 5.74) is 1.72. The maximum absolute atomic E-state index is 12.1. The third-order valence-corrected chi connectivity index (χ3v) is 4.45. The zero-order valence-corrected chi connectivity index (χ0v) is 12.2. The molecule has 3 saturated heterocycles. The summed E-state index contributed by atoms with van der Waals surface area (Å²) < 4.78 is 5.09. The van der Waals surface area contributed by atoms with Crippen LogP contribution >= 0.6 is 0 Å². The molecule has 0 spiro atoms. The van der Waals surface area contributed by atoms with E-state index in [2.05, 4.69) is 20.3 Å². The second-order valence-corrected chi connectivity index (χ2v) is 5.77. The largest absolute Gasteiger partial charge is 0.361 e. The Morgan fingerprint density at radius 2 is 2.10 bits per heavy atom. The van der Waals surface area contributed by atoms with Crippen molar-refractivity contribution in [3.63, 3.8) is 0 Å². The number of fused-ring (bicyclic) bond motifs is 3. The third-order valence-electron chi connectivity index (χ3n) is 4.45. The summed E-state index contributed by atoms with van der Waals surface area (Å²) in [6.07, 6.45) is 0.359. The smallest absolute Gasteiger partial charge is 0.224 e. The molecule has 1 aromatic rings. The maximum Gasteiger partial charge on any atom is 0.224 e. The van der Waals surface area contributed by atoms with Gasteiger partial charge in [0.05, 0.1) is 12.1 Å². The summed E-state index contributed by atoms with van der Waals surface area (Å²) in [6.45, 7) is 10.1. The molecule has 0 saturated carbocycles. The average molecular weight is 278 g/mol. The molecule has 2 bridgehead atoms. The van der Waals surface area contributed by atoms with Crippen molar-refractivity contribution in [1.29, 1.82) is 0 Å². The summed E-state index contributed by atoms with van der Waals surface area (Å²) >= 11 is 0. The highest BCUT2D eigenvalue weighted by atomic mass is 16.5. The Morgan fingerprint density at radius 3 is 2.65 bits per heavy atom. The second-order valence-electron chi connectivity index (χ2n) is 5.77. The topological polar surface area (TPSA) is 61.6 Å². The lowest BCUT2D eigenvalue weighted by molar-refractivity contribution is -0.121. The quantitative estimate of drug-likeness (QED) is 0.837. The van der Waals surface area contributed by atoms with Gasteiger partial charge in [0.2, 0.25) is 5.91 Å². The molecule has 3 aliphatic rings. The van der Waals surface area contributed by atoms with Gasteiger partial charge in [-0.15, -0.1) is 0 Å². The standard InChI is InChI=1S/C14H22N4O2/c1-10-13(11(2)20-16-10)7-14(19)15-8-12-9-17-3-5-18(12)6-4-17/h12H,3-9H2,1-2H3,(H,15,19). The number of aromatic nitrogens is 1. The molecule has 6 nitrogen and oxygen atoms in total. The van der Waals surface area contributed by atoms with Crippen molar-refractivity contribution in [3.05, 3.63) is 17.0 Å². The van der Waals surface area contributed by atoms with Crippen LogP contribution in [0, 0.1) is 13.8 Å². The van der Waals surface area contributed by atoms with Crippen molar-refractivity contribution in [1.82, 2.24) is 20.3 Å². The van der Waals surface area contributed by atoms with Crippen molar-refractivity contribution in [2.45, 2.75) is 26.3 Å². The molecule has 0 radical (unpaired) electrons. The van der Waals surface area contributed by atoms with Gasteiger partial charge >= 0.3 is 0 Å². The predicted octanol–water partition coefficient (Wildman–Crippen LogP) is -0.0501. The van der Waals surface area contributed by atoms with E-state index < -0.39 is 0 Å². The van der Waals surface area contributed by atoms with Crippen molar-refractivity contribution in [2.24, 2.45) is 0 Å². The number of nitrogens with one attached hydrogen (secondary N) is 1. The van der Waals surface area contributed by atoms with Gasteiger partial charge in [-0.05, 0) is 13.8 Å². The van der Waals surface area contributed by atoms with Crippen LogP contribution in [0.25, 0.3) is 0 Å². The molecule has 3 fully saturated rings. The molecule has 20 heavy (non-hydrogen) atoms.